The van der Waals surface area contributed by atoms with E-state index in [4.69, 9.17) is 0 Å². The molecular weight excluding hydrogens is 264 g/mol. The molecular formula is C13H21BrN2. The molecule has 90 valence electrons. The summed E-state index contributed by atoms with van der Waals surface area (Å²) in [6.07, 6.45) is 6.98. The lowest BCUT2D eigenvalue weighted by Gasteiger charge is -2.15. The predicted octanol–water partition coefficient (Wildman–Crippen LogP) is 4.53. The fourth-order valence-corrected chi connectivity index (χ4v) is 2.22. The first kappa shape index (κ1) is 13.5. The molecule has 1 rings (SSSR count). The highest BCUT2D eigenvalue weighted by Gasteiger charge is 2.06. The van der Waals surface area contributed by atoms with Crippen molar-refractivity contribution >= 4 is 21.7 Å². The SMILES string of the molecule is CCCCCC(C)Nc1ncc(C)cc1Br. The maximum absolute atomic E-state index is 4.39. The van der Waals surface area contributed by atoms with Crippen molar-refractivity contribution in [1.29, 1.82) is 0 Å². The number of aromatic nitrogens is 1. The van der Waals surface area contributed by atoms with Crippen LogP contribution in [0.25, 0.3) is 0 Å². The van der Waals surface area contributed by atoms with E-state index in [0.717, 1.165) is 10.3 Å². The number of rotatable bonds is 6. The van der Waals surface area contributed by atoms with Crippen LogP contribution in [-0.2, 0) is 0 Å². The Bertz CT molecular complexity index is 326. The van der Waals surface area contributed by atoms with Gasteiger partial charge in [0.25, 0.3) is 0 Å². The van der Waals surface area contributed by atoms with E-state index in [1.54, 1.807) is 0 Å². The maximum Gasteiger partial charge on any atom is 0.140 e. The molecule has 2 nitrogen and oxygen atoms in total. The molecule has 1 aromatic rings. The van der Waals surface area contributed by atoms with Crippen LogP contribution < -0.4 is 5.32 Å². The van der Waals surface area contributed by atoms with Crippen LogP contribution in [0.5, 0.6) is 0 Å². The molecule has 0 bridgehead atoms. The number of hydrogen-bond donors (Lipinski definition) is 1. The van der Waals surface area contributed by atoms with E-state index in [-0.39, 0.29) is 0 Å². The zero-order valence-electron chi connectivity index (χ0n) is 10.4. The number of nitrogens with zero attached hydrogens (tertiary/aromatic N) is 1. The van der Waals surface area contributed by atoms with Crippen molar-refractivity contribution < 1.29 is 0 Å². The van der Waals surface area contributed by atoms with E-state index in [0.29, 0.717) is 6.04 Å². The van der Waals surface area contributed by atoms with Crippen molar-refractivity contribution in [1.82, 2.24) is 4.98 Å². The number of pyridine rings is 1. The number of nitrogens with one attached hydrogen (secondary N) is 1. The Kier molecular flexibility index (Phi) is 5.81. The predicted molar refractivity (Wildman–Crippen MR) is 73.9 cm³/mol. The monoisotopic (exact) mass is 284 g/mol. The second-order valence-corrected chi connectivity index (χ2v) is 5.24. The van der Waals surface area contributed by atoms with Crippen LogP contribution in [0, 0.1) is 6.92 Å². The molecule has 0 aliphatic carbocycles. The van der Waals surface area contributed by atoms with Crippen LogP contribution in [0.4, 0.5) is 5.82 Å². The van der Waals surface area contributed by atoms with Crippen LogP contribution in [0.1, 0.15) is 45.1 Å². The molecule has 1 unspecified atom stereocenters. The largest absolute Gasteiger partial charge is 0.367 e. The highest BCUT2D eigenvalue weighted by molar-refractivity contribution is 9.10. The highest BCUT2D eigenvalue weighted by atomic mass is 79.9. The average Bonchev–Trinajstić information content (AvgIpc) is 2.23. The molecule has 0 saturated carbocycles. The zero-order valence-corrected chi connectivity index (χ0v) is 12.0. The molecule has 1 aromatic heterocycles. The van der Waals surface area contributed by atoms with Gasteiger partial charge < -0.3 is 5.32 Å². The van der Waals surface area contributed by atoms with Gasteiger partial charge in [-0.05, 0) is 47.8 Å². The third kappa shape index (κ3) is 4.52. The Morgan fingerprint density at radius 1 is 1.44 bits per heavy atom. The number of hydrogen-bond acceptors (Lipinski definition) is 2. The summed E-state index contributed by atoms with van der Waals surface area (Å²) in [5, 5.41) is 3.44. The smallest absolute Gasteiger partial charge is 0.140 e. The highest BCUT2D eigenvalue weighted by Crippen LogP contribution is 2.21. The van der Waals surface area contributed by atoms with Gasteiger partial charge in [0.1, 0.15) is 5.82 Å². The maximum atomic E-state index is 4.39. The summed E-state index contributed by atoms with van der Waals surface area (Å²) >= 11 is 3.53. The summed E-state index contributed by atoms with van der Waals surface area (Å²) in [6, 6.07) is 2.58. The van der Waals surface area contributed by atoms with E-state index < -0.39 is 0 Å². The van der Waals surface area contributed by atoms with Gasteiger partial charge in [0.2, 0.25) is 0 Å². The lowest BCUT2D eigenvalue weighted by Crippen LogP contribution is -2.16. The molecule has 16 heavy (non-hydrogen) atoms. The van der Waals surface area contributed by atoms with Crippen LogP contribution in [0.2, 0.25) is 0 Å². The normalized spacial score (nSPS) is 12.5. The van der Waals surface area contributed by atoms with Crippen molar-refractivity contribution in [2.75, 3.05) is 5.32 Å². The van der Waals surface area contributed by atoms with E-state index in [9.17, 15) is 0 Å². The van der Waals surface area contributed by atoms with Crippen molar-refractivity contribution in [2.45, 2.75) is 52.5 Å². The molecule has 0 radical (unpaired) electrons. The summed E-state index contributed by atoms with van der Waals surface area (Å²) < 4.78 is 1.05. The van der Waals surface area contributed by atoms with Crippen molar-refractivity contribution in [2.24, 2.45) is 0 Å². The van der Waals surface area contributed by atoms with Gasteiger partial charge in [-0.15, -0.1) is 0 Å². The van der Waals surface area contributed by atoms with Crippen LogP contribution in [0.15, 0.2) is 16.7 Å². The second-order valence-electron chi connectivity index (χ2n) is 4.38. The van der Waals surface area contributed by atoms with Crippen molar-refractivity contribution in [3.05, 3.63) is 22.3 Å². The van der Waals surface area contributed by atoms with E-state index in [1.807, 2.05) is 13.1 Å². The molecule has 1 atom stereocenters. The molecule has 0 saturated heterocycles. The zero-order chi connectivity index (χ0) is 12.0. The first-order valence-corrected chi connectivity index (χ1v) is 6.81. The minimum absolute atomic E-state index is 0.484. The van der Waals surface area contributed by atoms with Gasteiger partial charge in [0.15, 0.2) is 0 Å². The number of halogens is 1. The van der Waals surface area contributed by atoms with Gasteiger partial charge >= 0.3 is 0 Å². The Labute approximate surface area is 107 Å². The third-order valence-electron chi connectivity index (χ3n) is 2.60. The molecule has 0 amide bonds. The summed E-state index contributed by atoms with van der Waals surface area (Å²) in [5.74, 6) is 0.953. The van der Waals surface area contributed by atoms with Gasteiger partial charge in [-0.2, -0.15) is 0 Å². The second kappa shape index (κ2) is 6.89. The molecule has 0 aliphatic rings. The van der Waals surface area contributed by atoms with Gasteiger partial charge in [0, 0.05) is 12.2 Å². The molecule has 0 fully saturated rings. The Morgan fingerprint density at radius 3 is 2.81 bits per heavy atom. The Balaban J connectivity index is 2.46. The molecule has 1 heterocycles. The first-order chi connectivity index (χ1) is 7.63. The summed E-state index contributed by atoms with van der Waals surface area (Å²) in [7, 11) is 0. The van der Waals surface area contributed by atoms with Gasteiger partial charge in [0.05, 0.1) is 4.47 Å². The van der Waals surface area contributed by atoms with Crippen molar-refractivity contribution in [3.63, 3.8) is 0 Å². The van der Waals surface area contributed by atoms with Gasteiger partial charge in [-0.25, -0.2) is 4.98 Å². The van der Waals surface area contributed by atoms with E-state index in [2.05, 4.69) is 46.1 Å². The third-order valence-corrected chi connectivity index (χ3v) is 3.21. The lowest BCUT2D eigenvalue weighted by molar-refractivity contribution is 0.613. The molecule has 0 aromatic carbocycles. The van der Waals surface area contributed by atoms with Gasteiger partial charge in [-0.3, -0.25) is 0 Å². The summed E-state index contributed by atoms with van der Waals surface area (Å²) in [5.41, 5.74) is 1.18. The Hall–Kier alpha value is -0.570. The average molecular weight is 285 g/mol. The number of unbranched alkanes of at least 4 members (excludes halogenated alkanes) is 2. The fourth-order valence-electron chi connectivity index (χ4n) is 1.65. The lowest BCUT2D eigenvalue weighted by atomic mass is 10.1. The van der Waals surface area contributed by atoms with Crippen LogP contribution in [-0.4, -0.2) is 11.0 Å². The quantitative estimate of drug-likeness (QED) is 0.776. The van der Waals surface area contributed by atoms with E-state index in [1.165, 1.54) is 31.2 Å². The topological polar surface area (TPSA) is 24.9 Å². The standard InChI is InChI=1S/C13H21BrN2/c1-4-5-6-7-11(3)16-13-12(14)8-10(2)9-15-13/h8-9,11H,4-7H2,1-3H3,(H,15,16). The molecule has 1 N–H and O–H groups in total. The van der Waals surface area contributed by atoms with E-state index >= 15 is 0 Å². The first-order valence-electron chi connectivity index (χ1n) is 6.02. The summed E-state index contributed by atoms with van der Waals surface area (Å²) in [6.45, 7) is 6.49. The molecule has 0 aliphatic heterocycles. The Morgan fingerprint density at radius 2 is 2.19 bits per heavy atom. The minimum atomic E-state index is 0.484. The van der Waals surface area contributed by atoms with Crippen LogP contribution in [0.3, 0.4) is 0 Å². The molecule has 0 spiro atoms. The number of anilines is 1. The van der Waals surface area contributed by atoms with Crippen molar-refractivity contribution in [3.8, 4) is 0 Å². The molecule has 3 heteroatoms. The fraction of sp³-hybridized carbons (Fsp3) is 0.615. The summed E-state index contributed by atoms with van der Waals surface area (Å²) in [4.78, 5) is 4.39. The minimum Gasteiger partial charge on any atom is -0.367 e. The van der Waals surface area contributed by atoms with Crippen LogP contribution >= 0.6 is 15.9 Å². The van der Waals surface area contributed by atoms with Gasteiger partial charge in [-0.1, -0.05) is 26.2 Å². The number of aryl methyl sites for hydroxylation is 1.